The number of nitrogens with zero attached hydrogens (tertiary/aromatic N) is 1. The van der Waals surface area contributed by atoms with Crippen LogP contribution in [0.3, 0.4) is 0 Å². The maximum Gasteiger partial charge on any atom is 0.339 e. The maximum atomic E-state index is 12.5. The number of rotatable bonds is 5. The fourth-order valence-electron chi connectivity index (χ4n) is 3.86. The topological polar surface area (TPSA) is 42.7 Å². The minimum Gasteiger partial charge on any atom is -0.490 e. The van der Waals surface area contributed by atoms with Crippen LogP contribution < -0.4 is 10.4 Å². The Morgan fingerprint density at radius 3 is 2.57 bits per heavy atom. The molecule has 0 bridgehead atoms. The molecule has 0 saturated carbocycles. The molecule has 146 valence electrons. The highest BCUT2D eigenvalue weighted by Gasteiger charge is 2.20. The second kappa shape index (κ2) is 8.19. The third kappa shape index (κ3) is 4.12. The fourth-order valence-corrected chi connectivity index (χ4v) is 3.86. The van der Waals surface area contributed by atoms with Crippen molar-refractivity contribution in [3.8, 4) is 5.75 Å². The maximum absolute atomic E-state index is 12.5. The Balaban J connectivity index is 1.54. The highest BCUT2D eigenvalue weighted by atomic mass is 16.5. The van der Waals surface area contributed by atoms with E-state index >= 15 is 0 Å². The lowest BCUT2D eigenvalue weighted by Gasteiger charge is -2.29. The first-order valence-electron chi connectivity index (χ1n) is 10.1. The second-order valence-electron chi connectivity index (χ2n) is 7.77. The lowest BCUT2D eigenvalue weighted by atomic mass is 10.0. The van der Waals surface area contributed by atoms with E-state index in [4.69, 9.17) is 9.15 Å². The summed E-state index contributed by atoms with van der Waals surface area (Å²) in [6.07, 6.45) is 3.78. The van der Waals surface area contributed by atoms with E-state index in [1.54, 1.807) is 0 Å². The standard InChI is InChI=1S/C24H27NO3/c1-17-22(27-21-12-14-25(2)15-13-21)11-10-19-16-20(24(26)28-23(17)19)9-8-18-6-4-3-5-7-18/h3-7,10-11,16,21H,8-9,12-15H2,1-2H3. The Bertz CT molecular complexity index is 1000. The van der Waals surface area contributed by atoms with E-state index in [2.05, 4.69) is 24.1 Å². The summed E-state index contributed by atoms with van der Waals surface area (Å²) < 4.78 is 11.9. The third-order valence-corrected chi connectivity index (χ3v) is 5.66. The van der Waals surface area contributed by atoms with Crippen molar-refractivity contribution in [2.24, 2.45) is 0 Å². The zero-order valence-electron chi connectivity index (χ0n) is 16.6. The normalized spacial score (nSPS) is 15.8. The predicted octanol–water partition coefficient (Wildman–Crippen LogP) is 4.36. The van der Waals surface area contributed by atoms with Crippen LogP contribution in [0.15, 0.2) is 57.7 Å². The fraction of sp³-hybridized carbons (Fsp3) is 0.375. The number of likely N-dealkylation sites (tertiary alicyclic amines) is 1. The van der Waals surface area contributed by atoms with Gasteiger partial charge in [0.25, 0.3) is 0 Å². The van der Waals surface area contributed by atoms with Gasteiger partial charge in [0, 0.05) is 29.6 Å². The van der Waals surface area contributed by atoms with Crippen LogP contribution in [0.4, 0.5) is 0 Å². The zero-order chi connectivity index (χ0) is 19.5. The second-order valence-corrected chi connectivity index (χ2v) is 7.77. The average molecular weight is 377 g/mol. The molecule has 4 rings (SSSR count). The van der Waals surface area contributed by atoms with Crippen molar-refractivity contribution in [3.63, 3.8) is 0 Å². The Morgan fingerprint density at radius 1 is 1.07 bits per heavy atom. The highest BCUT2D eigenvalue weighted by Crippen LogP contribution is 2.29. The van der Waals surface area contributed by atoms with Gasteiger partial charge in [-0.15, -0.1) is 0 Å². The van der Waals surface area contributed by atoms with Crippen LogP contribution in [0.5, 0.6) is 5.75 Å². The lowest BCUT2D eigenvalue weighted by Crippen LogP contribution is -2.35. The van der Waals surface area contributed by atoms with E-state index in [1.165, 1.54) is 5.56 Å². The molecule has 4 heteroatoms. The molecule has 0 N–H and O–H groups in total. The van der Waals surface area contributed by atoms with E-state index in [0.29, 0.717) is 12.0 Å². The van der Waals surface area contributed by atoms with Gasteiger partial charge in [0.2, 0.25) is 0 Å². The van der Waals surface area contributed by atoms with E-state index in [-0.39, 0.29) is 11.7 Å². The number of hydrogen-bond acceptors (Lipinski definition) is 4. The minimum atomic E-state index is -0.247. The highest BCUT2D eigenvalue weighted by molar-refractivity contribution is 5.82. The Morgan fingerprint density at radius 2 is 1.82 bits per heavy atom. The number of hydrogen-bond donors (Lipinski definition) is 0. The molecule has 1 saturated heterocycles. The molecule has 3 aromatic rings. The van der Waals surface area contributed by atoms with Gasteiger partial charge in [-0.25, -0.2) is 4.79 Å². The Hall–Kier alpha value is -2.59. The van der Waals surface area contributed by atoms with Gasteiger partial charge in [-0.05, 0) is 63.4 Å². The average Bonchev–Trinajstić information content (AvgIpc) is 2.71. The zero-order valence-corrected chi connectivity index (χ0v) is 16.6. The van der Waals surface area contributed by atoms with Crippen molar-refractivity contribution in [2.75, 3.05) is 20.1 Å². The van der Waals surface area contributed by atoms with Gasteiger partial charge >= 0.3 is 5.63 Å². The number of ether oxygens (including phenoxy) is 1. The summed E-state index contributed by atoms with van der Waals surface area (Å²) in [4.78, 5) is 14.9. The smallest absolute Gasteiger partial charge is 0.339 e. The molecule has 2 heterocycles. The summed E-state index contributed by atoms with van der Waals surface area (Å²) in [5, 5.41) is 0.955. The van der Waals surface area contributed by atoms with Gasteiger partial charge in [-0.1, -0.05) is 30.3 Å². The molecule has 0 radical (unpaired) electrons. The van der Waals surface area contributed by atoms with Crippen LogP contribution in [0, 0.1) is 6.92 Å². The monoisotopic (exact) mass is 377 g/mol. The molecule has 0 unspecified atom stereocenters. The molecule has 1 aliphatic rings. The molecule has 1 fully saturated rings. The number of fused-ring (bicyclic) bond motifs is 1. The van der Waals surface area contributed by atoms with Crippen molar-refractivity contribution >= 4 is 11.0 Å². The van der Waals surface area contributed by atoms with Gasteiger partial charge in [0.1, 0.15) is 17.4 Å². The van der Waals surface area contributed by atoms with Crippen LogP contribution in [0.1, 0.15) is 29.5 Å². The van der Waals surface area contributed by atoms with E-state index in [9.17, 15) is 4.79 Å². The van der Waals surface area contributed by atoms with E-state index in [1.807, 2.05) is 43.3 Å². The molecule has 4 nitrogen and oxygen atoms in total. The van der Waals surface area contributed by atoms with E-state index in [0.717, 1.165) is 54.6 Å². The first kappa shape index (κ1) is 18.8. The summed E-state index contributed by atoms with van der Waals surface area (Å²) in [5.41, 5.74) is 3.24. The molecule has 1 aliphatic heterocycles. The summed E-state index contributed by atoms with van der Waals surface area (Å²) >= 11 is 0. The van der Waals surface area contributed by atoms with Crippen LogP contribution in [-0.4, -0.2) is 31.1 Å². The van der Waals surface area contributed by atoms with Gasteiger partial charge in [0.05, 0.1) is 0 Å². The molecule has 28 heavy (non-hydrogen) atoms. The van der Waals surface area contributed by atoms with Crippen LogP contribution in [-0.2, 0) is 12.8 Å². The lowest BCUT2D eigenvalue weighted by molar-refractivity contribution is 0.113. The molecule has 2 aromatic carbocycles. The van der Waals surface area contributed by atoms with Crippen LogP contribution in [0.2, 0.25) is 0 Å². The molecule has 1 aromatic heterocycles. The van der Waals surface area contributed by atoms with Gasteiger partial charge in [-0.3, -0.25) is 0 Å². The van der Waals surface area contributed by atoms with E-state index < -0.39 is 0 Å². The first-order chi connectivity index (χ1) is 13.6. The third-order valence-electron chi connectivity index (χ3n) is 5.66. The summed E-state index contributed by atoms with van der Waals surface area (Å²) in [7, 11) is 2.14. The van der Waals surface area contributed by atoms with Gasteiger partial charge in [-0.2, -0.15) is 0 Å². The molecule has 0 atom stereocenters. The first-order valence-corrected chi connectivity index (χ1v) is 10.1. The number of piperidine rings is 1. The van der Waals surface area contributed by atoms with Crippen molar-refractivity contribution in [1.82, 2.24) is 4.90 Å². The largest absolute Gasteiger partial charge is 0.490 e. The SMILES string of the molecule is Cc1c(OC2CCN(C)CC2)ccc2cc(CCc3ccccc3)c(=O)oc12. The molecule has 0 amide bonds. The molecule has 0 spiro atoms. The van der Waals surface area contributed by atoms with Gasteiger partial charge in [0.15, 0.2) is 0 Å². The Labute approximate surface area is 165 Å². The summed E-state index contributed by atoms with van der Waals surface area (Å²) in [6, 6.07) is 16.2. The van der Waals surface area contributed by atoms with Crippen molar-refractivity contribution in [3.05, 3.63) is 75.6 Å². The quantitative estimate of drug-likeness (QED) is 0.620. The molecule has 0 aliphatic carbocycles. The Kier molecular flexibility index (Phi) is 5.49. The van der Waals surface area contributed by atoms with Crippen LogP contribution >= 0.6 is 0 Å². The predicted molar refractivity (Wildman–Crippen MR) is 112 cm³/mol. The summed E-state index contributed by atoms with van der Waals surface area (Å²) in [6.45, 7) is 4.08. The van der Waals surface area contributed by atoms with Crippen molar-refractivity contribution in [2.45, 2.75) is 38.7 Å². The number of aryl methyl sites for hydroxylation is 3. The van der Waals surface area contributed by atoms with Gasteiger partial charge < -0.3 is 14.1 Å². The van der Waals surface area contributed by atoms with Crippen molar-refractivity contribution in [1.29, 1.82) is 0 Å². The van der Waals surface area contributed by atoms with Crippen LogP contribution in [0.25, 0.3) is 11.0 Å². The minimum absolute atomic E-state index is 0.226. The molecular formula is C24H27NO3. The summed E-state index contributed by atoms with van der Waals surface area (Å²) in [5.74, 6) is 0.822. The van der Waals surface area contributed by atoms with Crippen molar-refractivity contribution < 1.29 is 9.15 Å². The number of benzene rings is 2. The molecular weight excluding hydrogens is 350 g/mol.